The number of carbonyl (C=O) groups is 1. The highest BCUT2D eigenvalue weighted by Gasteiger charge is 2.20. The minimum atomic E-state index is -0.801. The monoisotopic (exact) mass is 284 g/mol. The molecule has 0 amide bonds. The number of carbonyl (C=O) groups excluding carboxylic acids is 1. The molecule has 0 saturated heterocycles. The average molecular weight is 285 g/mol. The topological polar surface area (TPSA) is 69.9 Å². The summed E-state index contributed by atoms with van der Waals surface area (Å²) in [5.41, 5.74) is -0.189. The maximum absolute atomic E-state index is 13.5. The Hall–Kier alpha value is -2.02. The fourth-order valence-electron chi connectivity index (χ4n) is 1.51. The molecule has 0 aliphatic rings. The number of benzene rings is 1. The molecule has 0 saturated carbocycles. The van der Waals surface area contributed by atoms with Gasteiger partial charge < -0.3 is 4.74 Å². The molecule has 2 rings (SSSR count). The van der Waals surface area contributed by atoms with Crippen molar-refractivity contribution < 1.29 is 13.9 Å². The Morgan fingerprint density at radius 3 is 2.84 bits per heavy atom. The van der Waals surface area contributed by atoms with Crippen LogP contribution in [-0.4, -0.2) is 26.2 Å². The molecule has 0 aliphatic carbocycles. The van der Waals surface area contributed by atoms with Crippen molar-refractivity contribution in [2.75, 3.05) is 0 Å². The van der Waals surface area contributed by atoms with E-state index in [0.29, 0.717) is 5.82 Å². The number of hydrogen-bond donors (Lipinski definition) is 0. The van der Waals surface area contributed by atoms with Gasteiger partial charge in [-0.3, -0.25) is 0 Å². The Morgan fingerprint density at radius 2 is 2.26 bits per heavy atom. The Labute approximate surface area is 113 Å². The normalized spacial score (nSPS) is 12.2. The van der Waals surface area contributed by atoms with Crippen LogP contribution in [0.1, 0.15) is 29.2 Å². The van der Waals surface area contributed by atoms with Crippen LogP contribution in [0.15, 0.2) is 18.2 Å². The highest BCUT2D eigenvalue weighted by atomic mass is 35.5. The van der Waals surface area contributed by atoms with Gasteiger partial charge in [-0.1, -0.05) is 11.6 Å². The number of hydrogen-bond acceptors (Lipinski definition) is 5. The maximum atomic E-state index is 13.5. The number of esters is 1. The molecule has 0 spiro atoms. The number of ether oxygens (including phenoxy) is 1. The minimum Gasteiger partial charge on any atom is -0.451 e. The molecule has 0 unspecified atom stereocenters. The predicted molar refractivity (Wildman–Crippen MR) is 64.0 cm³/mol. The van der Waals surface area contributed by atoms with Crippen LogP contribution >= 0.6 is 11.6 Å². The van der Waals surface area contributed by atoms with Crippen LogP contribution in [0.25, 0.3) is 0 Å². The summed E-state index contributed by atoms with van der Waals surface area (Å²) in [5, 5.41) is 11.0. The summed E-state index contributed by atoms with van der Waals surface area (Å²) in [4.78, 5) is 11.8. The van der Waals surface area contributed by atoms with Gasteiger partial charge in [0.15, 0.2) is 11.9 Å². The summed E-state index contributed by atoms with van der Waals surface area (Å²) in [5.74, 6) is -1.17. The van der Waals surface area contributed by atoms with Crippen molar-refractivity contribution in [1.29, 1.82) is 0 Å². The van der Waals surface area contributed by atoms with Crippen LogP contribution < -0.4 is 0 Å². The molecule has 1 aromatic heterocycles. The minimum absolute atomic E-state index is 0.189. The number of aromatic nitrogens is 4. The Balaban J connectivity index is 2.15. The van der Waals surface area contributed by atoms with Gasteiger partial charge in [-0.15, -0.1) is 5.10 Å². The second-order valence-corrected chi connectivity index (χ2v) is 4.27. The van der Waals surface area contributed by atoms with Gasteiger partial charge >= 0.3 is 5.97 Å². The fourth-order valence-corrected chi connectivity index (χ4v) is 1.67. The van der Waals surface area contributed by atoms with E-state index >= 15 is 0 Å². The maximum Gasteiger partial charge on any atom is 0.341 e. The van der Waals surface area contributed by atoms with Gasteiger partial charge in [-0.05, 0) is 35.5 Å². The third-order valence-electron chi connectivity index (χ3n) is 2.45. The molecule has 19 heavy (non-hydrogen) atoms. The van der Waals surface area contributed by atoms with Gasteiger partial charge in [0.2, 0.25) is 0 Å². The van der Waals surface area contributed by atoms with Gasteiger partial charge in [0.1, 0.15) is 5.82 Å². The predicted octanol–water partition coefficient (Wildman–Crippen LogP) is 1.92. The number of aryl methyl sites for hydroxylation is 1. The number of rotatable bonds is 3. The molecule has 0 radical (unpaired) electrons. The van der Waals surface area contributed by atoms with Gasteiger partial charge in [0, 0.05) is 12.1 Å². The first-order valence-electron chi connectivity index (χ1n) is 5.37. The standard InChI is InChI=1S/C11H10ClFN4O2/c1-6(10-14-15-16-17(10)2)19-11(18)8-4-3-7(12)5-9(8)13/h3-6H,1-2H3/t6-/m0/s1. The van der Waals surface area contributed by atoms with Crippen molar-refractivity contribution >= 4 is 17.6 Å². The Bertz CT molecular complexity index is 616. The lowest BCUT2D eigenvalue weighted by atomic mass is 10.2. The van der Waals surface area contributed by atoms with E-state index < -0.39 is 17.9 Å². The highest BCUT2D eigenvalue weighted by Crippen LogP contribution is 2.19. The molecule has 100 valence electrons. The van der Waals surface area contributed by atoms with Gasteiger partial charge in [0.25, 0.3) is 0 Å². The van der Waals surface area contributed by atoms with Crippen LogP contribution in [0, 0.1) is 5.82 Å². The van der Waals surface area contributed by atoms with E-state index in [1.54, 1.807) is 14.0 Å². The van der Waals surface area contributed by atoms with E-state index in [-0.39, 0.29) is 10.6 Å². The fraction of sp³-hybridized carbons (Fsp3) is 0.273. The molecular formula is C11H10ClFN4O2. The van der Waals surface area contributed by atoms with Crippen LogP contribution in [0.4, 0.5) is 4.39 Å². The first kappa shape index (κ1) is 13.4. The summed E-state index contributed by atoms with van der Waals surface area (Å²) < 4.78 is 20.0. The lowest BCUT2D eigenvalue weighted by molar-refractivity contribution is 0.0307. The molecule has 1 aromatic carbocycles. The first-order valence-corrected chi connectivity index (χ1v) is 5.75. The summed E-state index contributed by atoms with van der Waals surface area (Å²) >= 11 is 5.61. The van der Waals surface area contributed by atoms with E-state index in [0.717, 1.165) is 6.07 Å². The third kappa shape index (κ3) is 2.87. The second kappa shape index (κ2) is 5.31. The highest BCUT2D eigenvalue weighted by molar-refractivity contribution is 6.30. The molecule has 1 heterocycles. The zero-order valence-corrected chi connectivity index (χ0v) is 10.9. The van der Waals surface area contributed by atoms with Crippen molar-refractivity contribution in [1.82, 2.24) is 20.2 Å². The molecular weight excluding hydrogens is 275 g/mol. The van der Waals surface area contributed by atoms with E-state index in [1.807, 2.05) is 0 Å². The summed E-state index contributed by atoms with van der Waals surface area (Å²) in [7, 11) is 1.61. The van der Waals surface area contributed by atoms with E-state index in [2.05, 4.69) is 15.5 Å². The van der Waals surface area contributed by atoms with Crippen LogP contribution in [0.5, 0.6) is 0 Å². The van der Waals surface area contributed by atoms with Crippen LogP contribution in [0.3, 0.4) is 0 Å². The van der Waals surface area contributed by atoms with Crippen LogP contribution in [-0.2, 0) is 11.8 Å². The zero-order chi connectivity index (χ0) is 14.0. The molecule has 6 nitrogen and oxygen atoms in total. The second-order valence-electron chi connectivity index (χ2n) is 3.83. The van der Waals surface area contributed by atoms with E-state index in [9.17, 15) is 9.18 Å². The third-order valence-corrected chi connectivity index (χ3v) is 2.69. The lowest BCUT2D eigenvalue weighted by Gasteiger charge is -2.11. The van der Waals surface area contributed by atoms with Crippen molar-refractivity contribution in [2.45, 2.75) is 13.0 Å². The average Bonchev–Trinajstić information content (AvgIpc) is 2.75. The van der Waals surface area contributed by atoms with Gasteiger partial charge in [0.05, 0.1) is 5.56 Å². The molecule has 2 aromatic rings. The zero-order valence-electron chi connectivity index (χ0n) is 10.2. The molecule has 1 atom stereocenters. The Kier molecular flexibility index (Phi) is 3.75. The number of tetrazole rings is 1. The molecule has 0 fully saturated rings. The summed E-state index contributed by atoms with van der Waals surface area (Å²) in [6, 6.07) is 3.73. The van der Waals surface area contributed by atoms with Gasteiger partial charge in [-0.25, -0.2) is 13.9 Å². The quantitative estimate of drug-likeness (QED) is 0.805. The number of nitrogens with zero attached hydrogens (tertiary/aromatic N) is 4. The Morgan fingerprint density at radius 1 is 1.53 bits per heavy atom. The van der Waals surface area contributed by atoms with Crippen molar-refractivity contribution in [3.8, 4) is 0 Å². The first-order chi connectivity index (χ1) is 8.99. The van der Waals surface area contributed by atoms with Crippen molar-refractivity contribution in [3.05, 3.63) is 40.4 Å². The van der Waals surface area contributed by atoms with Crippen LogP contribution in [0.2, 0.25) is 5.02 Å². The van der Waals surface area contributed by atoms with E-state index in [1.165, 1.54) is 16.8 Å². The molecule has 0 bridgehead atoms. The van der Waals surface area contributed by atoms with Crippen molar-refractivity contribution in [2.24, 2.45) is 7.05 Å². The molecule has 0 N–H and O–H groups in total. The lowest BCUT2D eigenvalue weighted by Crippen LogP contribution is -2.14. The summed E-state index contributed by atoms with van der Waals surface area (Å²) in [6.45, 7) is 1.59. The molecule has 0 aliphatic heterocycles. The largest absolute Gasteiger partial charge is 0.451 e. The number of halogens is 2. The van der Waals surface area contributed by atoms with Gasteiger partial charge in [-0.2, -0.15) is 0 Å². The SMILES string of the molecule is C[C@H](OC(=O)c1ccc(Cl)cc1F)c1nnnn1C. The summed E-state index contributed by atoms with van der Waals surface area (Å²) in [6.07, 6.45) is -0.692. The van der Waals surface area contributed by atoms with Crippen molar-refractivity contribution in [3.63, 3.8) is 0 Å². The van der Waals surface area contributed by atoms with E-state index in [4.69, 9.17) is 16.3 Å². The molecule has 8 heteroatoms. The smallest absolute Gasteiger partial charge is 0.341 e.